The summed E-state index contributed by atoms with van der Waals surface area (Å²) in [6.07, 6.45) is 9.45. The summed E-state index contributed by atoms with van der Waals surface area (Å²) < 4.78 is 0. The Kier molecular flexibility index (Phi) is 8.19. The third kappa shape index (κ3) is 6.38. The van der Waals surface area contributed by atoms with Crippen molar-refractivity contribution in [2.24, 2.45) is 0 Å². The number of allylic oxidation sites excluding steroid dienone is 3. The molecule has 2 heteroatoms. The quantitative estimate of drug-likeness (QED) is 0.313. The third-order valence-electron chi connectivity index (χ3n) is 2.39. The van der Waals surface area contributed by atoms with E-state index in [0.29, 0.717) is 0 Å². The summed E-state index contributed by atoms with van der Waals surface area (Å²) in [4.78, 5) is 0. The highest BCUT2D eigenvalue weighted by Crippen LogP contribution is 2.32. The van der Waals surface area contributed by atoms with Gasteiger partial charge in [-0.05, 0) is 37.4 Å². The van der Waals surface area contributed by atoms with Gasteiger partial charge < -0.3 is 0 Å². The molecule has 0 saturated heterocycles. The highest BCUT2D eigenvalue weighted by molar-refractivity contribution is 9.26. The molecule has 0 heterocycles. The van der Waals surface area contributed by atoms with Crippen molar-refractivity contribution in [2.45, 2.75) is 37.4 Å². The molecule has 0 atom stereocenters. The maximum absolute atomic E-state index is 3.98. The van der Waals surface area contributed by atoms with Gasteiger partial charge in [0.05, 0.1) is 0 Å². The number of rotatable bonds is 9. The molecule has 0 fully saturated rings. The smallest absolute Gasteiger partial charge is 0.126 e. The maximum atomic E-state index is 3.98. The van der Waals surface area contributed by atoms with Gasteiger partial charge in [0.2, 0.25) is 0 Å². The third-order valence-corrected chi connectivity index (χ3v) is 9.51. The highest BCUT2D eigenvalue weighted by atomic mass is 79.9. The van der Waals surface area contributed by atoms with Crippen molar-refractivity contribution in [1.82, 2.24) is 0 Å². The van der Waals surface area contributed by atoms with Gasteiger partial charge in [0.15, 0.2) is 0 Å². The Morgan fingerprint density at radius 2 is 1.07 bits per heavy atom. The van der Waals surface area contributed by atoms with E-state index >= 15 is 0 Å². The van der Waals surface area contributed by atoms with Gasteiger partial charge in [-0.1, -0.05) is 18.2 Å². The predicted molar refractivity (Wildman–Crippen MR) is 73.5 cm³/mol. The van der Waals surface area contributed by atoms with Crippen LogP contribution in [-0.2, 0) is 0 Å². The molecule has 0 bridgehead atoms. The van der Waals surface area contributed by atoms with E-state index in [9.17, 15) is 0 Å². The summed E-state index contributed by atoms with van der Waals surface area (Å²) in [6.45, 7) is 10.1. The van der Waals surface area contributed by atoms with Gasteiger partial charge in [0.1, 0.15) is 6.69 Å². The highest BCUT2D eigenvalue weighted by Gasteiger charge is 2.26. The molecule has 0 amide bonds. The van der Waals surface area contributed by atoms with E-state index in [1.807, 2.05) is 18.2 Å². The molecule has 0 unspecified atom stereocenters. The second-order valence-electron chi connectivity index (χ2n) is 3.63. The minimum absolute atomic E-state index is 1.13. The Bertz CT molecular complexity index is 155. The molecule has 80 valence electrons. The lowest BCUT2D eigenvalue weighted by Crippen LogP contribution is -2.25. The molecular weight excluding hydrogens is 252 g/mol. The van der Waals surface area contributed by atoms with Gasteiger partial charge in [-0.2, -0.15) is 0 Å². The maximum Gasteiger partial charge on any atom is 0.131 e. The molecule has 0 aromatic rings. The van der Waals surface area contributed by atoms with E-state index in [2.05, 4.69) is 35.0 Å². The second kappa shape index (κ2) is 8.24. The van der Waals surface area contributed by atoms with Crippen molar-refractivity contribution in [1.29, 1.82) is 0 Å². The fraction of sp³-hybridized carbons (Fsp3) is 0.500. The molecule has 0 aliphatic heterocycles. The lowest BCUT2D eigenvalue weighted by atomic mass is 10.5. The van der Waals surface area contributed by atoms with Gasteiger partial charge in [-0.25, -0.2) is 0 Å². The molecular formula is C12H21BrSi. The summed E-state index contributed by atoms with van der Waals surface area (Å²) in [5, 5.41) is 0. The van der Waals surface area contributed by atoms with Gasteiger partial charge >= 0.3 is 0 Å². The van der Waals surface area contributed by atoms with E-state index in [-0.39, 0.29) is 0 Å². The Morgan fingerprint density at radius 3 is 1.29 bits per heavy atom. The summed E-state index contributed by atoms with van der Waals surface area (Å²) in [7, 11) is 0. The van der Waals surface area contributed by atoms with Crippen LogP contribution < -0.4 is 0 Å². The lowest BCUT2D eigenvalue weighted by Gasteiger charge is -2.23. The molecule has 0 spiro atoms. The van der Waals surface area contributed by atoms with Crippen molar-refractivity contribution in [3.05, 3.63) is 38.0 Å². The van der Waals surface area contributed by atoms with Gasteiger partial charge in [-0.15, -0.1) is 35.0 Å². The van der Waals surface area contributed by atoms with Crippen LogP contribution in [0.1, 0.15) is 19.3 Å². The standard InChI is InChI=1S/C12H21BrSi/c1-4-7-10-14(13,11-8-5-2)12-9-6-3/h4-6H,1-3,7-12H2. The van der Waals surface area contributed by atoms with E-state index < -0.39 is 6.69 Å². The summed E-state index contributed by atoms with van der Waals surface area (Å²) in [5.74, 6) is 0. The van der Waals surface area contributed by atoms with Crippen LogP contribution >= 0.6 is 15.3 Å². The SMILES string of the molecule is C=CCC[Si](Br)(CCC=C)CCC=C. The normalized spacial score (nSPS) is 10.9. The average Bonchev–Trinajstić information content (AvgIpc) is 2.21. The van der Waals surface area contributed by atoms with Crippen LogP contribution in [0.4, 0.5) is 0 Å². The summed E-state index contributed by atoms with van der Waals surface area (Å²) in [6, 6.07) is 3.87. The minimum atomic E-state index is -1.21. The average molecular weight is 273 g/mol. The van der Waals surface area contributed by atoms with Crippen LogP contribution in [-0.4, -0.2) is 6.69 Å². The molecule has 0 rings (SSSR count). The van der Waals surface area contributed by atoms with Gasteiger partial charge in [0, 0.05) is 0 Å². The Hall–Kier alpha value is -0.0831. The second-order valence-corrected chi connectivity index (χ2v) is 12.5. The number of hydrogen-bond donors (Lipinski definition) is 0. The first kappa shape index (κ1) is 13.9. The molecule has 0 radical (unpaired) electrons. The van der Waals surface area contributed by atoms with Crippen LogP contribution in [0.15, 0.2) is 38.0 Å². The fourth-order valence-electron chi connectivity index (χ4n) is 1.46. The molecule has 0 aromatic carbocycles. The first-order valence-corrected chi connectivity index (χ1v) is 10.1. The number of halogens is 1. The van der Waals surface area contributed by atoms with Crippen LogP contribution in [0.25, 0.3) is 0 Å². The Balaban J connectivity index is 4.07. The van der Waals surface area contributed by atoms with Crippen molar-refractivity contribution < 1.29 is 0 Å². The number of hydrogen-bond acceptors (Lipinski definition) is 0. The monoisotopic (exact) mass is 272 g/mol. The van der Waals surface area contributed by atoms with Crippen molar-refractivity contribution in [2.75, 3.05) is 0 Å². The Labute approximate surface area is 97.4 Å². The summed E-state index contributed by atoms with van der Waals surface area (Å²) >= 11 is 3.98. The van der Waals surface area contributed by atoms with Crippen LogP contribution in [0.2, 0.25) is 18.1 Å². The molecule has 0 aromatic heterocycles. The topological polar surface area (TPSA) is 0 Å². The zero-order valence-electron chi connectivity index (χ0n) is 8.97. The largest absolute Gasteiger partial charge is 0.131 e. The molecule has 0 aliphatic carbocycles. The van der Waals surface area contributed by atoms with E-state index in [0.717, 1.165) is 19.3 Å². The first-order valence-electron chi connectivity index (χ1n) is 5.20. The Morgan fingerprint density at radius 1 is 0.786 bits per heavy atom. The van der Waals surface area contributed by atoms with E-state index in [4.69, 9.17) is 0 Å². The lowest BCUT2D eigenvalue weighted by molar-refractivity contribution is 1.05. The minimum Gasteiger partial charge on any atom is -0.126 e. The first-order chi connectivity index (χ1) is 6.68. The van der Waals surface area contributed by atoms with Gasteiger partial charge in [0.25, 0.3) is 0 Å². The van der Waals surface area contributed by atoms with Crippen LogP contribution in [0.3, 0.4) is 0 Å². The van der Waals surface area contributed by atoms with E-state index in [1.54, 1.807) is 0 Å². The van der Waals surface area contributed by atoms with Crippen molar-refractivity contribution in [3.63, 3.8) is 0 Å². The van der Waals surface area contributed by atoms with E-state index in [1.165, 1.54) is 18.1 Å². The summed E-state index contributed by atoms with van der Waals surface area (Å²) in [5.41, 5.74) is 0. The fourth-order valence-corrected chi connectivity index (χ4v) is 6.43. The molecule has 14 heavy (non-hydrogen) atoms. The van der Waals surface area contributed by atoms with Crippen molar-refractivity contribution >= 4 is 22.0 Å². The van der Waals surface area contributed by atoms with Crippen LogP contribution in [0, 0.1) is 0 Å². The van der Waals surface area contributed by atoms with Crippen molar-refractivity contribution in [3.8, 4) is 0 Å². The zero-order chi connectivity index (χ0) is 10.9. The molecule has 0 saturated carbocycles. The molecule has 0 aliphatic rings. The molecule has 0 N–H and O–H groups in total. The predicted octanol–water partition coefficient (Wildman–Crippen LogP) is 5.06. The van der Waals surface area contributed by atoms with Gasteiger partial charge in [-0.3, -0.25) is 0 Å². The molecule has 0 nitrogen and oxygen atoms in total. The zero-order valence-corrected chi connectivity index (χ0v) is 11.6. The van der Waals surface area contributed by atoms with Crippen LogP contribution in [0.5, 0.6) is 0 Å².